The van der Waals surface area contributed by atoms with E-state index in [9.17, 15) is 4.79 Å². The molecule has 0 unspecified atom stereocenters. The number of nitrogens with zero attached hydrogens (tertiary/aromatic N) is 2. The van der Waals surface area contributed by atoms with Gasteiger partial charge in [0.05, 0.1) is 12.7 Å². The molecule has 0 fully saturated rings. The summed E-state index contributed by atoms with van der Waals surface area (Å²) in [5.41, 5.74) is 1.11. The molecule has 3 aromatic rings. The highest BCUT2D eigenvalue weighted by Gasteiger charge is 2.12. The van der Waals surface area contributed by atoms with E-state index in [2.05, 4.69) is 10.1 Å². The standard InChI is InChI=1S/C17H13ClN2O4/c1-22-14-7-5-11(6-8-14)16-19-15(20-24-16)10-23-17(21)12-3-2-4-13(18)9-12/h2-9H,10H2,1H3. The summed E-state index contributed by atoms with van der Waals surface area (Å²) < 4.78 is 15.4. The highest BCUT2D eigenvalue weighted by molar-refractivity contribution is 6.30. The van der Waals surface area contributed by atoms with E-state index < -0.39 is 5.97 Å². The molecule has 6 nitrogen and oxygen atoms in total. The summed E-state index contributed by atoms with van der Waals surface area (Å²) in [6, 6.07) is 13.7. The first-order chi connectivity index (χ1) is 11.7. The molecule has 7 heteroatoms. The smallest absolute Gasteiger partial charge is 0.338 e. The number of aromatic nitrogens is 2. The summed E-state index contributed by atoms with van der Waals surface area (Å²) in [7, 11) is 1.59. The molecule has 1 heterocycles. The minimum Gasteiger partial charge on any atom is -0.497 e. The molecule has 0 bridgehead atoms. The average molecular weight is 345 g/mol. The second-order valence-corrected chi connectivity index (χ2v) is 5.27. The van der Waals surface area contributed by atoms with Crippen LogP contribution in [-0.2, 0) is 11.3 Å². The van der Waals surface area contributed by atoms with Gasteiger partial charge in [0.25, 0.3) is 5.89 Å². The van der Waals surface area contributed by atoms with Crippen LogP contribution in [0.2, 0.25) is 5.02 Å². The molecule has 0 amide bonds. The summed E-state index contributed by atoms with van der Waals surface area (Å²) in [5, 5.41) is 4.26. The maximum absolute atomic E-state index is 11.9. The highest BCUT2D eigenvalue weighted by Crippen LogP contribution is 2.21. The number of esters is 1. The van der Waals surface area contributed by atoms with Crippen molar-refractivity contribution in [1.82, 2.24) is 10.1 Å². The van der Waals surface area contributed by atoms with Gasteiger partial charge < -0.3 is 14.0 Å². The summed E-state index contributed by atoms with van der Waals surface area (Å²) in [6.45, 7) is -0.0923. The first kappa shape index (κ1) is 16.0. The van der Waals surface area contributed by atoms with Crippen LogP contribution in [-0.4, -0.2) is 23.2 Å². The van der Waals surface area contributed by atoms with Crippen LogP contribution in [0.3, 0.4) is 0 Å². The minimum absolute atomic E-state index is 0.0923. The number of ether oxygens (including phenoxy) is 2. The molecular weight excluding hydrogens is 332 g/mol. The Morgan fingerprint density at radius 3 is 2.71 bits per heavy atom. The van der Waals surface area contributed by atoms with E-state index >= 15 is 0 Å². The number of methoxy groups -OCH3 is 1. The molecule has 24 heavy (non-hydrogen) atoms. The van der Waals surface area contributed by atoms with Crippen LogP contribution >= 0.6 is 11.6 Å². The Hall–Kier alpha value is -2.86. The van der Waals surface area contributed by atoms with Crippen LogP contribution in [0, 0.1) is 0 Å². The molecule has 2 aromatic carbocycles. The Bertz CT molecular complexity index is 846. The monoisotopic (exact) mass is 344 g/mol. The third-order valence-electron chi connectivity index (χ3n) is 3.20. The number of rotatable bonds is 5. The fourth-order valence-electron chi connectivity index (χ4n) is 1.99. The quantitative estimate of drug-likeness (QED) is 0.656. The lowest BCUT2D eigenvalue weighted by Gasteiger charge is -2.02. The van der Waals surface area contributed by atoms with Gasteiger partial charge in [-0.15, -0.1) is 0 Å². The van der Waals surface area contributed by atoms with Crippen molar-refractivity contribution in [2.24, 2.45) is 0 Å². The van der Waals surface area contributed by atoms with Gasteiger partial charge in [-0.05, 0) is 42.5 Å². The van der Waals surface area contributed by atoms with Crippen molar-refractivity contribution in [2.75, 3.05) is 7.11 Å². The van der Waals surface area contributed by atoms with Crippen molar-refractivity contribution < 1.29 is 18.8 Å². The zero-order valence-electron chi connectivity index (χ0n) is 12.7. The van der Waals surface area contributed by atoms with Crippen LogP contribution in [0.5, 0.6) is 5.75 Å². The average Bonchev–Trinajstić information content (AvgIpc) is 3.09. The molecule has 0 saturated heterocycles. The lowest BCUT2D eigenvalue weighted by Crippen LogP contribution is -2.06. The maximum Gasteiger partial charge on any atom is 0.338 e. The molecule has 0 N–H and O–H groups in total. The van der Waals surface area contributed by atoms with Crippen molar-refractivity contribution >= 4 is 17.6 Å². The fourth-order valence-corrected chi connectivity index (χ4v) is 2.18. The van der Waals surface area contributed by atoms with Crippen molar-refractivity contribution in [1.29, 1.82) is 0 Å². The largest absolute Gasteiger partial charge is 0.497 e. The fraction of sp³-hybridized carbons (Fsp3) is 0.118. The Morgan fingerprint density at radius 2 is 2.00 bits per heavy atom. The third kappa shape index (κ3) is 3.72. The van der Waals surface area contributed by atoms with Crippen LogP contribution < -0.4 is 4.74 Å². The van der Waals surface area contributed by atoms with Crippen LogP contribution in [0.4, 0.5) is 0 Å². The Kier molecular flexibility index (Phi) is 4.77. The van der Waals surface area contributed by atoms with E-state index in [1.165, 1.54) is 6.07 Å². The van der Waals surface area contributed by atoms with E-state index in [0.717, 1.165) is 11.3 Å². The van der Waals surface area contributed by atoms with Crippen molar-refractivity contribution in [3.05, 3.63) is 64.9 Å². The van der Waals surface area contributed by atoms with Crippen molar-refractivity contribution in [2.45, 2.75) is 6.61 Å². The zero-order chi connectivity index (χ0) is 16.9. The molecule has 0 spiro atoms. The lowest BCUT2D eigenvalue weighted by molar-refractivity contribution is 0.0459. The van der Waals surface area contributed by atoms with E-state index in [1.54, 1.807) is 49.6 Å². The van der Waals surface area contributed by atoms with Gasteiger partial charge >= 0.3 is 5.97 Å². The van der Waals surface area contributed by atoms with Gasteiger partial charge in [0, 0.05) is 10.6 Å². The second kappa shape index (κ2) is 7.14. The van der Waals surface area contributed by atoms with Crippen LogP contribution in [0.15, 0.2) is 53.1 Å². The zero-order valence-corrected chi connectivity index (χ0v) is 13.5. The van der Waals surface area contributed by atoms with Gasteiger partial charge in [0.15, 0.2) is 6.61 Å². The summed E-state index contributed by atoms with van der Waals surface area (Å²) in [6.07, 6.45) is 0. The molecule has 0 saturated carbocycles. The first-order valence-corrected chi connectivity index (χ1v) is 7.43. The van der Waals surface area contributed by atoms with Crippen LogP contribution in [0.25, 0.3) is 11.5 Å². The molecular formula is C17H13ClN2O4. The van der Waals surface area contributed by atoms with Gasteiger partial charge in [-0.25, -0.2) is 4.79 Å². The molecule has 0 radical (unpaired) electrons. The van der Waals surface area contributed by atoms with Crippen LogP contribution in [0.1, 0.15) is 16.2 Å². The van der Waals surface area contributed by atoms with E-state index in [1.807, 2.05) is 0 Å². The molecule has 0 aliphatic heterocycles. The van der Waals surface area contributed by atoms with Gasteiger partial charge in [-0.1, -0.05) is 22.8 Å². The number of hydrogen-bond donors (Lipinski definition) is 0. The summed E-state index contributed by atoms with van der Waals surface area (Å²) in [4.78, 5) is 16.1. The van der Waals surface area contributed by atoms with E-state index in [4.69, 9.17) is 25.6 Å². The Morgan fingerprint density at radius 1 is 1.21 bits per heavy atom. The van der Waals surface area contributed by atoms with Gasteiger partial charge in [-0.3, -0.25) is 0 Å². The number of carbonyl (C=O) groups is 1. The second-order valence-electron chi connectivity index (χ2n) is 4.83. The SMILES string of the molecule is COc1ccc(-c2nc(COC(=O)c3cccc(Cl)c3)no2)cc1. The number of hydrogen-bond acceptors (Lipinski definition) is 6. The predicted octanol–water partition coefficient (Wildman–Crippen LogP) is 3.76. The first-order valence-electron chi connectivity index (χ1n) is 7.05. The molecule has 1 aromatic heterocycles. The number of benzene rings is 2. The number of halogens is 1. The van der Waals surface area contributed by atoms with E-state index in [0.29, 0.717) is 16.5 Å². The third-order valence-corrected chi connectivity index (χ3v) is 3.43. The predicted molar refractivity (Wildman–Crippen MR) is 86.9 cm³/mol. The van der Waals surface area contributed by atoms with Crippen molar-refractivity contribution in [3.63, 3.8) is 0 Å². The topological polar surface area (TPSA) is 74.5 Å². The van der Waals surface area contributed by atoms with E-state index in [-0.39, 0.29) is 12.4 Å². The van der Waals surface area contributed by atoms with Gasteiger partial charge in [0.1, 0.15) is 5.75 Å². The highest BCUT2D eigenvalue weighted by atomic mass is 35.5. The Labute approximate surface area is 143 Å². The maximum atomic E-state index is 11.9. The number of carbonyl (C=O) groups excluding carboxylic acids is 1. The van der Waals surface area contributed by atoms with Gasteiger partial charge in [-0.2, -0.15) is 4.98 Å². The minimum atomic E-state index is -0.506. The summed E-state index contributed by atoms with van der Waals surface area (Å²) in [5.74, 6) is 0.838. The molecule has 0 aliphatic rings. The van der Waals surface area contributed by atoms with Crippen molar-refractivity contribution in [3.8, 4) is 17.2 Å². The molecule has 122 valence electrons. The molecule has 3 rings (SSSR count). The lowest BCUT2D eigenvalue weighted by atomic mass is 10.2. The Balaban J connectivity index is 1.64. The molecule has 0 aliphatic carbocycles. The normalized spacial score (nSPS) is 10.4. The van der Waals surface area contributed by atoms with Gasteiger partial charge in [0.2, 0.25) is 5.82 Å². The summed E-state index contributed by atoms with van der Waals surface area (Å²) >= 11 is 5.84. The molecule has 0 atom stereocenters.